The Hall–Kier alpha value is -1.13. The highest BCUT2D eigenvalue weighted by Gasteiger charge is 2.08. The summed E-state index contributed by atoms with van der Waals surface area (Å²) in [7, 11) is 0.851. The highest BCUT2D eigenvalue weighted by molar-refractivity contribution is 6.09. The van der Waals surface area contributed by atoms with Crippen LogP contribution >= 0.6 is 0 Å². The van der Waals surface area contributed by atoms with Crippen LogP contribution in [0.1, 0.15) is 35.4 Å². The zero-order valence-electron chi connectivity index (χ0n) is 9.06. The van der Waals surface area contributed by atoms with Gasteiger partial charge in [-0.05, 0) is 24.1 Å². The number of ether oxygens (including phenoxy) is 1. The van der Waals surface area contributed by atoms with E-state index in [2.05, 4.69) is 0 Å². The molecule has 0 aromatic heterocycles. The van der Waals surface area contributed by atoms with Crippen LogP contribution in [0.4, 0.5) is 0 Å². The Bertz CT molecular complexity index is 321. The molecule has 0 amide bonds. The number of hydrogen-bond acceptors (Lipinski definition) is 3. The molecule has 0 bridgehead atoms. The standard InChI is InChI=1S/C11H16O3Si/c1-2-10(12)8-3-5-9(6-4-8)11(13)14-7-15/h3-6,10,12H,2,7H2,1,15H3. The van der Waals surface area contributed by atoms with Crippen LogP contribution < -0.4 is 0 Å². The van der Waals surface area contributed by atoms with Crippen LogP contribution in [0.2, 0.25) is 0 Å². The van der Waals surface area contributed by atoms with Gasteiger partial charge in [0.1, 0.15) is 0 Å². The van der Waals surface area contributed by atoms with Gasteiger partial charge < -0.3 is 9.84 Å². The van der Waals surface area contributed by atoms with Gasteiger partial charge in [0, 0.05) is 0 Å². The number of aliphatic hydroxyl groups excluding tert-OH is 1. The van der Waals surface area contributed by atoms with Gasteiger partial charge in [0.15, 0.2) is 0 Å². The highest BCUT2D eigenvalue weighted by atomic mass is 28.1. The summed E-state index contributed by atoms with van der Waals surface area (Å²) in [6.07, 6.45) is 0.733. The molecule has 1 rings (SSSR count). The van der Waals surface area contributed by atoms with E-state index in [9.17, 15) is 9.90 Å². The molecule has 0 spiro atoms. The second kappa shape index (κ2) is 5.68. The Morgan fingerprint density at radius 1 is 1.47 bits per heavy atom. The molecule has 82 valence electrons. The highest BCUT2D eigenvalue weighted by Crippen LogP contribution is 2.16. The molecule has 0 heterocycles. The van der Waals surface area contributed by atoms with Crippen LogP contribution in [0.5, 0.6) is 0 Å². The predicted molar refractivity (Wildman–Crippen MR) is 61.9 cm³/mol. The van der Waals surface area contributed by atoms with E-state index in [0.29, 0.717) is 18.2 Å². The summed E-state index contributed by atoms with van der Waals surface area (Å²) in [4.78, 5) is 11.3. The molecule has 0 saturated carbocycles. The molecular weight excluding hydrogens is 208 g/mol. The molecular formula is C11H16O3Si. The topological polar surface area (TPSA) is 46.5 Å². The van der Waals surface area contributed by atoms with Crippen molar-refractivity contribution in [1.29, 1.82) is 0 Å². The maximum atomic E-state index is 11.3. The molecule has 0 aliphatic rings. The fourth-order valence-corrected chi connectivity index (χ4v) is 1.55. The molecule has 0 radical (unpaired) electrons. The first-order valence-corrected chi connectivity index (χ1v) is 6.55. The molecule has 1 atom stereocenters. The lowest BCUT2D eigenvalue weighted by Gasteiger charge is -2.08. The number of esters is 1. The summed E-state index contributed by atoms with van der Waals surface area (Å²) in [5.74, 6) is -0.289. The number of rotatable bonds is 4. The quantitative estimate of drug-likeness (QED) is 0.602. The van der Waals surface area contributed by atoms with Crippen molar-refractivity contribution in [3.63, 3.8) is 0 Å². The van der Waals surface area contributed by atoms with E-state index in [1.54, 1.807) is 24.3 Å². The fraction of sp³-hybridized carbons (Fsp3) is 0.364. The summed E-state index contributed by atoms with van der Waals surface area (Å²) in [6, 6.07) is 6.90. The minimum Gasteiger partial charge on any atom is -0.467 e. The minimum atomic E-state index is -0.450. The van der Waals surface area contributed by atoms with Gasteiger partial charge in [0.2, 0.25) is 0 Å². The third-order valence-corrected chi connectivity index (χ3v) is 2.48. The SMILES string of the molecule is CCC(O)c1ccc(C(=O)OC[SiH3])cc1. The van der Waals surface area contributed by atoms with Crippen LogP contribution in [0.15, 0.2) is 24.3 Å². The van der Waals surface area contributed by atoms with Gasteiger partial charge in [-0.25, -0.2) is 4.79 Å². The maximum absolute atomic E-state index is 11.3. The van der Waals surface area contributed by atoms with Gasteiger partial charge >= 0.3 is 5.97 Å². The van der Waals surface area contributed by atoms with Gasteiger partial charge in [0.25, 0.3) is 0 Å². The summed E-state index contributed by atoms with van der Waals surface area (Å²) in [5, 5.41) is 9.55. The van der Waals surface area contributed by atoms with Crippen molar-refractivity contribution in [1.82, 2.24) is 0 Å². The van der Waals surface area contributed by atoms with Crippen molar-refractivity contribution in [2.75, 3.05) is 6.23 Å². The van der Waals surface area contributed by atoms with Crippen molar-refractivity contribution in [3.05, 3.63) is 35.4 Å². The normalized spacial score (nSPS) is 12.4. The van der Waals surface area contributed by atoms with Crippen LogP contribution in [0.25, 0.3) is 0 Å². The molecule has 1 unspecified atom stereocenters. The van der Waals surface area contributed by atoms with Crippen LogP contribution in [-0.4, -0.2) is 27.5 Å². The number of carbonyl (C=O) groups is 1. The largest absolute Gasteiger partial charge is 0.467 e. The van der Waals surface area contributed by atoms with Crippen molar-refractivity contribution in [2.24, 2.45) is 0 Å². The van der Waals surface area contributed by atoms with E-state index >= 15 is 0 Å². The Morgan fingerprint density at radius 3 is 2.53 bits per heavy atom. The summed E-state index contributed by atoms with van der Waals surface area (Å²) >= 11 is 0. The monoisotopic (exact) mass is 224 g/mol. The van der Waals surface area contributed by atoms with Gasteiger partial charge in [-0.1, -0.05) is 19.1 Å². The molecule has 1 aromatic rings. The molecule has 1 aromatic carbocycles. The second-order valence-electron chi connectivity index (χ2n) is 3.27. The Kier molecular flexibility index (Phi) is 4.52. The molecule has 0 saturated heterocycles. The maximum Gasteiger partial charge on any atom is 0.337 e. The second-order valence-corrected chi connectivity index (χ2v) is 3.84. The van der Waals surface area contributed by atoms with Crippen LogP contribution in [0, 0.1) is 0 Å². The van der Waals surface area contributed by atoms with E-state index < -0.39 is 6.10 Å². The van der Waals surface area contributed by atoms with Crippen LogP contribution in [-0.2, 0) is 4.74 Å². The van der Waals surface area contributed by atoms with Crippen molar-refractivity contribution < 1.29 is 14.6 Å². The summed E-state index contributed by atoms with van der Waals surface area (Å²) < 4.78 is 4.91. The number of aliphatic hydroxyl groups is 1. The van der Waals surface area contributed by atoms with E-state index in [1.807, 2.05) is 6.92 Å². The Morgan fingerprint density at radius 2 is 2.07 bits per heavy atom. The minimum absolute atomic E-state index is 0.289. The first-order chi connectivity index (χ1) is 7.19. The molecule has 0 fully saturated rings. The van der Waals surface area contributed by atoms with Crippen molar-refractivity contribution in [2.45, 2.75) is 19.4 Å². The van der Waals surface area contributed by atoms with Gasteiger partial charge in [-0.2, -0.15) is 0 Å². The number of carbonyl (C=O) groups excluding carboxylic acids is 1. The van der Waals surface area contributed by atoms with Gasteiger partial charge in [0.05, 0.1) is 28.1 Å². The number of benzene rings is 1. The van der Waals surface area contributed by atoms with E-state index in [0.717, 1.165) is 15.8 Å². The zero-order valence-corrected chi connectivity index (χ0v) is 11.1. The predicted octanol–water partition coefficient (Wildman–Crippen LogP) is 0.610. The van der Waals surface area contributed by atoms with Crippen molar-refractivity contribution in [3.8, 4) is 0 Å². The fourth-order valence-electron chi connectivity index (χ4n) is 1.29. The molecule has 3 nitrogen and oxygen atoms in total. The summed E-state index contributed by atoms with van der Waals surface area (Å²) in [5.41, 5.74) is 1.37. The lowest BCUT2D eigenvalue weighted by Crippen LogP contribution is -2.06. The molecule has 0 aliphatic carbocycles. The van der Waals surface area contributed by atoms with Gasteiger partial charge in [-0.3, -0.25) is 0 Å². The summed E-state index contributed by atoms with van der Waals surface area (Å²) in [6.45, 7) is 1.91. The average molecular weight is 224 g/mol. The van der Waals surface area contributed by atoms with Crippen molar-refractivity contribution >= 4 is 16.2 Å². The first-order valence-electron chi connectivity index (χ1n) is 5.14. The Balaban J connectivity index is 2.76. The Labute approximate surface area is 92.5 Å². The molecule has 0 aliphatic heterocycles. The molecule has 4 heteroatoms. The molecule has 15 heavy (non-hydrogen) atoms. The van der Waals surface area contributed by atoms with E-state index in [-0.39, 0.29) is 5.97 Å². The van der Waals surface area contributed by atoms with E-state index in [1.165, 1.54) is 0 Å². The average Bonchev–Trinajstić information content (AvgIpc) is 2.28. The van der Waals surface area contributed by atoms with E-state index in [4.69, 9.17) is 4.74 Å². The number of hydrogen-bond donors (Lipinski definition) is 1. The molecule has 1 N–H and O–H groups in total. The first kappa shape index (κ1) is 11.9. The lowest BCUT2D eigenvalue weighted by molar-refractivity contribution is 0.0573. The smallest absolute Gasteiger partial charge is 0.337 e. The lowest BCUT2D eigenvalue weighted by atomic mass is 10.1. The zero-order chi connectivity index (χ0) is 11.3. The third kappa shape index (κ3) is 3.18. The van der Waals surface area contributed by atoms with Gasteiger partial charge in [-0.15, -0.1) is 0 Å². The van der Waals surface area contributed by atoms with Crippen LogP contribution in [0.3, 0.4) is 0 Å². The third-order valence-electron chi connectivity index (χ3n) is 2.19.